The molecular weight excluding hydrogens is 982 g/mol. The lowest BCUT2D eigenvalue weighted by Gasteiger charge is -2.34. The number of amides is 2. The summed E-state index contributed by atoms with van der Waals surface area (Å²) in [6.07, 6.45) is 0.741. The highest BCUT2D eigenvalue weighted by Crippen LogP contribution is 2.28. The van der Waals surface area contributed by atoms with Gasteiger partial charge >= 0.3 is 23.9 Å². The average molecular weight is 1040 g/mol. The molecule has 1 aliphatic rings. The zero-order valence-corrected chi connectivity index (χ0v) is 37.2. The number of benzene rings is 2. The number of aliphatic carboxylic acids is 4. The Balaban J connectivity index is 1.96. The van der Waals surface area contributed by atoms with Crippen molar-refractivity contribution in [3.8, 4) is 5.75 Å². The summed E-state index contributed by atoms with van der Waals surface area (Å²) < 4.78 is 1.01. The molecule has 0 spiro atoms. The second-order valence-corrected chi connectivity index (χ2v) is 17.3. The van der Waals surface area contributed by atoms with Crippen LogP contribution in [0.1, 0.15) is 43.4 Å². The minimum Gasteiger partial charge on any atom is -0.506 e. The van der Waals surface area contributed by atoms with E-state index in [1.165, 1.54) is 0 Å². The van der Waals surface area contributed by atoms with Crippen LogP contribution in [-0.4, -0.2) is 171 Å². The third-order valence-electron chi connectivity index (χ3n) is 9.73. The molecule has 17 nitrogen and oxygen atoms in total. The van der Waals surface area contributed by atoms with Crippen molar-refractivity contribution in [2.24, 2.45) is 5.92 Å². The molecule has 7 N–H and O–H groups in total. The van der Waals surface area contributed by atoms with Crippen LogP contribution in [0.4, 0.5) is 0 Å². The van der Waals surface area contributed by atoms with E-state index in [0.717, 1.165) is 12.0 Å². The summed E-state index contributed by atoms with van der Waals surface area (Å²) in [6, 6.07) is 8.17. The average Bonchev–Trinajstić information content (AvgIpc) is 3.13. The highest BCUT2D eigenvalue weighted by atomic mass is 127. The normalized spacial score (nSPS) is 17.0. The smallest absolute Gasteiger partial charge is 0.326 e. The van der Waals surface area contributed by atoms with E-state index in [2.05, 4.69) is 24.5 Å². The van der Waals surface area contributed by atoms with Gasteiger partial charge in [-0.15, -0.1) is 0 Å². The van der Waals surface area contributed by atoms with Crippen molar-refractivity contribution in [3.63, 3.8) is 0 Å². The predicted octanol–water partition coefficient (Wildman–Crippen LogP) is 1.68. The van der Waals surface area contributed by atoms with E-state index >= 15 is 0 Å². The lowest BCUT2D eigenvalue weighted by Crippen LogP contribution is -2.58. The number of hydrogen-bond acceptors (Lipinski definition) is 11. The predicted molar refractivity (Wildman–Crippen MR) is 231 cm³/mol. The zero-order valence-electron chi connectivity index (χ0n) is 32.9. The van der Waals surface area contributed by atoms with E-state index < -0.39 is 53.7 Å². The van der Waals surface area contributed by atoms with Crippen LogP contribution in [0, 0.1) is 13.1 Å². The second-order valence-electron chi connectivity index (χ2n) is 14.9. The maximum Gasteiger partial charge on any atom is 0.326 e. The number of carboxylic acids is 4. The number of carbonyl (C=O) groups excluding carboxylic acids is 2. The molecule has 1 fully saturated rings. The molecule has 0 bridgehead atoms. The van der Waals surface area contributed by atoms with Crippen LogP contribution in [-0.2, 0) is 41.6 Å². The first-order chi connectivity index (χ1) is 27.3. The van der Waals surface area contributed by atoms with Crippen molar-refractivity contribution < 1.29 is 54.3 Å². The minimum atomic E-state index is -1.41. The topological polar surface area (TPSA) is 241 Å². The van der Waals surface area contributed by atoms with E-state index in [-0.39, 0.29) is 90.7 Å². The van der Waals surface area contributed by atoms with Crippen LogP contribution >= 0.6 is 45.2 Å². The Hall–Kier alpha value is -3.64. The number of nitrogens with zero attached hydrogens (tertiary/aromatic N) is 4. The maximum atomic E-state index is 14.2. The molecule has 1 aliphatic heterocycles. The Morgan fingerprint density at radius 2 is 1.02 bits per heavy atom. The van der Waals surface area contributed by atoms with E-state index in [9.17, 15) is 54.3 Å². The van der Waals surface area contributed by atoms with Crippen LogP contribution in [0.25, 0.3) is 0 Å². The van der Waals surface area contributed by atoms with Crippen molar-refractivity contribution >= 4 is 80.9 Å². The van der Waals surface area contributed by atoms with E-state index in [1.807, 2.05) is 69.4 Å². The summed E-state index contributed by atoms with van der Waals surface area (Å²) in [7, 11) is 0. The molecule has 2 aromatic carbocycles. The van der Waals surface area contributed by atoms with Crippen LogP contribution in [0.15, 0.2) is 36.4 Å². The van der Waals surface area contributed by atoms with Gasteiger partial charge in [0, 0.05) is 65.3 Å². The SMILES string of the molecule is CC(C)Cc1ccc(C(C)C(=O)NC(CN2CCN(CC(=O)O)CCN(CC(=O)O)CCN(CC(=O)O)CC2)C(=O)N[C@@H](Cc2cc(I)c(O)c(I)c2)C(=O)O)cc1. The molecule has 0 radical (unpaired) electrons. The summed E-state index contributed by atoms with van der Waals surface area (Å²) >= 11 is 3.87. The molecule has 0 aromatic heterocycles. The minimum absolute atomic E-state index is 0.0554. The highest BCUT2D eigenvalue weighted by Gasteiger charge is 2.31. The summed E-state index contributed by atoms with van der Waals surface area (Å²) in [4.78, 5) is 82.5. The number of nitrogens with one attached hydrogen (secondary N) is 2. The number of carbonyl (C=O) groups is 6. The largest absolute Gasteiger partial charge is 0.506 e. The van der Waals surface area contributed by atoms with Gasteiger partial charge in [-0.25, -0.2) is 4.79 Å². The molecule has 2 aromatic rings. The zero-order chi connectivity index (χ0) is 43.1. The van der Waals surface area contributed by atoms with Gasteiger partial charge in [0.15, 0.2) is 0 Å². The van der Waals surface area contributed by atoms with Gasteiger partial charge in [0.25, 0.3) is 0 Å². The molecule has 3 rings (SSSR count). The van der Waals surface area contributed by atoms with Gasteiger partial charge in [0.1, 0.15) is 17.8 Å². The van der Waals surface area contributed by atoms with Crippen molar-refractivity contribution in [2.75, 3.05) is 78.5 Å². The summed E-state index contributed by atoms with van der Waals surface area (Å²) in [5.74, 6) is -6.04. The van der Waals surface area contributed by atoms with Crippen LogP contribution in [0.5, 0.6) is 5.75 Å². The Morgan fingerprint density at radius 1 is 0.603 bits per heavy atom. The Bertz CT molecular complexity index is 1690. The number of carboxylic acid groups (broad SMARTS) is 4. The number of rotatable bonds is 18. The van der Waals surface area contributed by atoms with Crippen molar-refractivity contribution in [2.45, 2.75) is 51.6 Å². The van der Waals surface area contributed by atoms with Crippen LogP contribution in [0.3, 0.4) is 0 Å². The molecular formula is C39H54I2N6O11. The third kappa shape index (κ3) is 16.9. The molecule has 2 amide bonds. The quantitative estimate of drug-likeness (QED) is 0.105. The fourth-order valence-corrected chi connectivity index (χ4v) is 8.46. The molecule has 1 heterocycles. The van der Waals surface area contributed by atoms with Gasteiger partial charge in [-0.1, -0.05) is 38.1 Å². The summed E-state index contributed by atoms with van der Waals surface area (Å²) in [6.45, 7) is 6.26. The number of halogens is 2. The van der Waals surface area contributed by atoms with Gasteiger partial charge in [-0.3, -0.25) is 43.6 Å². The summed E-state index contributed by atoms with van der Waals surface area (Å²) in [5, 5.41) is 54.7. The van der Waals surface area contributed by atoms with Gasteiger partial charge in [0.05, 0.1) is 32.7 Å². The Kier molecular flexibility index (Phi) is 20.0. The molecule has 1 saturated heterocycles. The second kappa shape index (κ2) is 23.8. The van der Waals surface area contributed by atoms with Gasteiger partial charge in [-0.2, -0.15) is 0 Å². The molecule has 19 heteroatoms. The maximum absolute atomic E-state index is 14.2. The number of hydrogen-bond donors (Lipinski definition) is 7. The third-order valence-corrected chi connectivity index (χ3v) is 11.4. The molecule has 0 aliphatic carbocycles. The molecule has 0 saturated carbocycles. The van der Waals surface area contributed by atoms with E-state index in [1.54, 1.807) is 38.7 Å². The first kappa shape index (κ1) is 48.7. The first-order valence-electron chi connectivity index (χ1n) is 18.9. The first-order valence-corrected chi connectivity index (χ1v) is 21.1. The highest BCUT2D eigenvalue weighted by molar-refractivity contribution is 14.1. The molecule has 2 unspecified atom stereocenters. The molecule has 320 valence electrons. The van der Waals surface area contributed by atoms with Crippen LogP contribution < -0.4 is 10.6 Å². The van der Waals surface area contributed by atoms with Crippen LogP contribution in [0.2, 0.25) is 0 Å². The standard InChI is InChI=1S/C39H54I2N6O11/c1-24(2)16-26-4-6-28(7-5-26)25(3)37(55)43-32(38(56)42-31(39(57)58)19-27-17-29(40)36(54)30(41)18-27)20-44-8-10-45(21-33(48)49)12-14-47(23-35(52)53)15-13-46(11-9-44)22-34(50)51/h4-7,17-18,24-25,31-32,54H,8-16,19-23H2,1-3H3,(H,42,56)(H,43,55)(H,48,49)(H,50,51)(H,52,53)(H,57,58)/t25?,31-,32?/m0/s1. The van der Waals surface area contributed by atoms with Gasteiger partial charge in [0.2, 0.25) is 11.8 Å². The Labute approximate surface area is 365 Å². The summed E-state index contributed by atoms with van der Waals surface area (Å²) in [5.41, 5.74) is 2.37. The van der Waals surface area contributed by atoms with Crippen molar-refractivity contribution in [1.82, 2.24) is 30.2 Å². The lowest BCUT2D eigenvalue weighted by atomic mass is 9.96. The van der Waals surface area contributed by atoms with Gasteiger partial charge in [-0.05, 0) is 93.3 Å². The Morgan fingerprint density at radius 3 is 1.41 bits per heavy atom. The fourth-order valence-electron chi connectivity index (χ4n) is 6.57. The molecule has 58 heavy (non-hydrogen) atoms. The van der Waals surface area contributed by atoms with E-state index in [0.29, 0.717) is 24.2 Å². The fraction of sp³-hybridized carbons (Fsp3) is 0.538. The van der Waals surface area contributed by atoms with E-state index in [4.69, 9.17) is 0 Å². The lowest BCUT2D eigenvalue weighted by molar-refractivity contribution is -0.142. The van der Waals surface area contributed by atoms with Crippen molar-refractivity contribution in [1.29, 1.82) is 0 Å². The number of aromatic hydroxyl groups is 1. The number of phenols is 1. The number of phenolic OH excluding ortho intramolecular Hbond substituents is 1. The van der Waals surface area contributed by atoms with Crippen molar-refractivity contribution in [3.05, 3.63) is 60.2 Å². The molecule has 3 atom stereocenters. The van der Waals surface area contributed by atoms with Gasteiger partial charge < -0.3 is 36.2 Å². The monoisotopic (exact) mass is 1040 g/mol.